The molecule has 31 heavy (non-hydrogen) atoms. The van der Waals surface area contributed by atoms with E-state index in [4.69, 9.17) is 4.42 Å². The van der Waals surface area contributed by atoms with Gasteiger partial charge in [-0.1, -0.05) is 18.6 Å². The third kappa shape index (κ3) is 4.25. The van der Waals surface area contributed by atoms with E-state index in [-0.39, 0.29) is 23.3 Å². The van der Waals surface area contributed by atoms with Crippen LogP contribution in [-0.4, -0.2) is 31.2 Å². The van der Waals surface area contributed by atoms with Crippen LogP contribution in [0.15, 0.2) is 52.0 Å². The summed E-state index contributed by atoms with van der Waals surface area (Å²) in [4.78, 5) is 12.8. The number of fused-ring (bicyclic) bond motifs is 1. The van der Waals surface area contributed by atoms with Crippen molar-refractivity contribution in [2.75, 3.05) is 11.9 Å². The molecule has 0 saturated carbocycles. The summed E-state index contributed by atoms with van der Waals surface area (Å²) in [6.07, 6.45) is 4.64. The molecule has 1 fully saturated rings. The van der Waals surface area contributed by atoms with Crippen molar-refractivity contribution >= 4 is 32.6 Å². The van der Waals surface area contributed by atoms with E-state index in [0.29, 0.717) is 12.2 Å². The minimum atomic E-state index is -3.52. The van der Waals surface area contributed by atoms with Gasteiger partial charge in [-0.25, -0.2) is 8.42 Å². The van der Waals surface area contributed by atoms with E-state index in [1.807, 2.05) is 32.9 Å². The molecule has 164 valence electrons. The summed E-state index contributed by atoms with van der Waals surface area (Å²) < 4.78 is 33.2. The molecule has 0 radical (unpaired) electrons. The number of nitrogens with zero attached hydrogens (tertiary/aromatic N) is 1. The molecule has 4 rings (SSSR count). The number of carbonyl (C=O) groups excluding carboxylic acids is 1. The number of benzene rings is 2. The Kier molecular flexibility index (Phi) is 5.90. The molecule has 6 nitrogen and oxygen atoms in total. The number of hydrogen-bond donors (Lipinski definition) is 1. The van der Waals surface area contributed by atoms with Crippen molar-refractivity contribution in [2.45, 2.75) is 57.4 Å². The first-order valence-electron chi connectivity index (χ1n) is 10.7. The van der Waals surface area contributed by atoms with Crippen LogP contribution in [0.5, 0.6) is 0 Å². The SMILES string of the molecule is Cc1ccc2c(CC(=O)Nc3ccc(S(=O)(=O)N4CCCC[C@@H]4C)cc3)coc2c1C. The highest BCUT2D eigenvalue weighted by molar-refractivity contribution is 7.89. The van der Waals surface area contributed by atoms with Gasteiger partial charge < -0.3 is 9.73 Å². The van der Waals surface area contributed by atoms with E-state index < -0.39 is 10.0 Å². The van der Waals surface area contributed by atoms with Crippen LogP contribution in [0.3, 0.4) is 0 Å². The maximum Gasteiger partial charge on any atom is 0.243 e. The fourth-order valence-corrected chi connectivity index (χ4v) is 5.88. The van der Waals surface area contributed by atoms with Crippen molar-refractivity contribution in [1.82, 2.24) is 4.31 Å². The monoisotopic (exact) mass is 440 g/mol. The molecule has 1 aliphatic heterocycles. The predicted molar refractivity (Wildman–Crippen MR) is 122 cm³/mol. The molecule has 7 heteroatoms. The molecular formula is C24H28N2O4S. The van der Waals surface area contributed by atoms with Gasteiger partial charge >= 0.3 is 0 Å². The Morgan fingerprint density at radius 2 is 1.87 bits per heavy atom. The van der Waals surface area contributed by atoms with Crippen LogP contribution in [0.25, 0.3) is 11.0 Å². The number of piperidine rings is 1. The first kappa shape index (κ1) is 21.6. The number of nitrogens with one attached hydrogen (secondary N) is 1. The molecule has 0 aliphatic carbocycles. The topological polar surface area (TPSA) is 79.6 Å². The van der Waals surface area contributed by atoms with Gasteiger partial charge in [-0.3, -0.25) is 4.79 Å². The minimum Gasteiger partial charge on any atom is -0.464 e. The average Bonchev–Trinajstić information content (AvgIpc) is 3.14. The van der Waals surface area contributed by atoms with Gasteiger partial charge in [-0.2, -0.15) is 4.31 Å². The van der Waals surface area contributed by atoms with Gasteiger partial charge in [0.25, 0.3) is 0 Å². The maximum atomic E-state index is 12.9. The van der Waals surface area contributed by atoms with Crippen molar-refractivity contribution in [3.05, 3.63) is 59.4 Å². The van der Waals surface area contributed by atoms with Crippen LogP contribution in [0.1, 0.15) is 42.9 Å². The van der Waals surface area contributed by atoms with E-state index in [1.165, 1.54) is 0 Å². The zero-order valence-corrected chi connectivity index (χ0v) is 19.0. The lowest BCUT2D eigenvalue weighted by atomic mass is 10.0. The first-order chi connectivity index (χ1) is 14.8. The molecule has 1 aromatic heterocycles. The van der Waals surface area contributed by atoms with Crippen molar-refractivity contribution in [3.8, 4) is 0 Å². The van der Waals surface area contributed by atoms with Crippen LogP contribution in [0.4, 0.5) is 5.69 Å². The number of rotatable bonds is 5. The van der Waals surface area contributed by atoms with E-state index in [2.05, 4.69) is 5.32 Å². The number of furan rings is 1. The largest absolute Gasteiger partial charge is 0.464 e. The molecular weight excluding hydrogens is 412 g/mol. The molecule has 1 amide bonds. The quantitative estimate of drug-likeness (QED) is 0.618. The maximum absolute atomic E-state index is 12.9. The van der Waals surface area contributed by atoms with Crippen LogP contribution in [0, 0.1) is 13.8 Å². The average molecular weight is 441 g/mol. The summed E-state index contributed by atoms with van der Waals surface area (Å²) in [5.74, 6) is -0.179. The fraction of sp³-hybridized carbons (Fsp3) is 0.375. The van der Waals surface area contributed by atoms with Crippen LogP contribution in [0.2, 0.25) is 0 Å². The van der Waals surface area contributed by atoms with Gasteiger partial charge in [0, 0.05) is 29.2 Å². The fourth-order valence-electron chi connectivity index (χ4n) is 4.18. The smallest absolute Gasteiger partial charge is 0.243 e. The van der Waals surface area contributed by atoms with Gasteiger partial charge in [-0.15, -0.1) is 0 Å². The number of anilines is 1. The van der Waals surface area contributed by atoms with E-state index in [9.17, 15) is 13.2 Å². The summed E-state index contributed by atoms with van der Waals surface area (Å²) in [5, 5.41) is 3.79. The Hall–Kier alpha value is -2.64. The molecule has 1 atom stereocenters. The number of amides is 1. The van der Waals surface area contributed by atoms with Crippen LogP contribution in [-0.2, 0) is 21.2 Å². The van der Waals surface area contributed by atoms with Crippen LogP contribution < -0.4 is 5.32 Å². The highest BCUT2D eigenvalue weighted by atomic mass is 32.2. The van der Waals surface area contributed by atoms with E-state index in [1.54, 1.807) is 34.8 Å². The second kappa shape index (κ2) is 8.48. The molecule has 0 bridgehead atoms. The lowest BCUT2D eigenvalue weighted by Crippen LogP contribution is -2.41. The molecule has 2 aromatic carbocycles. The number of aryl methyl sites for hydroxylation is 2. The van der Waals surface area contributed by atoms with Gasteiger partial charge in [0.2, 0.25) is 15.9 Å². The summed E-state index contributed by atoms with van der Waals surface area (Å²) in [6.45, 7) is 6.54. The molecule has 1 saturated heterocycles. The highest BCUT2D eigenvalue weighted by Gasteiger charge is 2.30. The Bertz CT molecular complexity index is 1210. The Balaban J connectivity index is 1.46. The van der Waals surface area contributed by atoms with Crippen molar-refractivity contribution < 1.29 is 17.6 Å². The molecule has 1 N–H and O–H groups in total. The minimum absolute atomic E-state index is 0.00957. The summed E-state index contributed by atoms with van der Waals surface area (Å²) in [5.41, 5.74) is 4.42. The Morgan fingerprint density at radius 3 is 2.58 bits per heavy atom. The van der Waals surface area contributed by atoms with Gasteiger partial charge in [0.05, 0.1) is 17.6 Å². The third-order valence-electron chi connectivity index (χ3n) is 6.18. The standard InChI is InChI=1S/C24H28N2O4S/c1-16-7-12-22-19(15-30-24(22)18(16)3)14-23(27)25-20-8-10-21(11-9-20)31(28,29)26-13-5-4-6-17(26)2/h7-12,15,17H,4-6,13-14H2,1-3H3,(H,25,27)/t17-/m0/s1. The molecule has 1 aliphatic rings. The van der Waals surface area contributed by atoms with Gasteiger partial charge in [0.15, 0.2) is 0 Å². The molecule has 2 heterocycles. The number of carbonyl (C=O) groups is 1. The summed E-state index contributed by atoms with van der Waals surface area (Å²) in [6, 6.07) is 10.4. The van der Waals surface area contributed by atoms with Crippen molar-refractivity contribution in [1.29, 1.82) is 0 Å². The highest BCUT2D eigenvalue weighted by Crippen LogP contribution is 2.28. The second-order valence-corrected chi connectivity index (χ2v) is 10.2. The van der Waals surface area contributed by atoms with E-state index >= 15 is 0 Å². The lowest BCUT2D eigenvalue weighted by Gasteiger charge is -2.32. The van der Waals surface area contributed by atoms with E-state index in [0.717, 1.165) is 46.9 Å². The second-order valence-electron chi connectivity index (χ2n) is 8.35. The van der Waals surface area contributed by atoms with Crippen LogP contribution >= 0.6 is 0 Å². The van der Waals surface area contributed by atoms with Crippen molar-refractivity contribution in [2.24, 2.45) is 0 Å². The number of hydrogen-bond acceptors (Lipinski definition) is 4. The Morgan fingerprint density at radius 1 is 1.13 bits per heavy atom. The van der Waals surface area contributed by atoms with Gasteiger partial charge in [-0.05, 0) is 69.0 Å². The summed E-state index contributed by atoms with van der Waals surface area (Å²) in [7, 11) is -3.52. The third-order valence-corrected chi connectivity index (χ3v) is 8.21. The number of sulfonamides is 1. The zero-order chi connectivity index (χ0) is 22.2. The van der Waals surface area contributed by atoms with Crippen molar-refractivity contribution in [3.63, 3.8) is 0 Å². The van der Waals surface area contributed by atoms with Gasteiger partial charge in [0.1, 0.15) is 5.58 Å². The normalized spacial score (nSPS) is 17.7. The molecule has 0 spiro atoms. The first-order valence-corrected chi connectivity index (χ1v) is 12.1. The predicted octanol–water partition coefficient (Wildman–Crippen LogP) is 4.79. The lowest BCUT2D eigenvalue weighted by molar-refractivity contribution is -0.115. The summed E-state index contributed by atoms with van der Waals surface area (Å²) >= 11 is 0. The molecule has 3 aromatic rings. The Labute approximate surface area is 183 Å². The zero-order valence-electron chi connectivity index (χ0n) is 18.1. The molecule has 0 unspecified atom stereocenters.